The number of ether oxygens (including phenoxy) is 1. The second-order valence-electron chi connectivity index (χ2n) is 8.33. The average Bonchev–Trinajstić information content (AvgIpc) is 2.78. The van der Waals surface area contributed by atoms with Crippen LogP contribution in [0.2, 0.25) is 0 Å². The van der Waals surface area contributed by atoms with Gasteiger partial charge in [0.25, 0.3) is 10.1 Å². The van der Waals surface area contributed by atoms with E-state index in [2.05, 4.69) is 0 Å². The molecule has 0 unspecified atom stereocenters. The molecule has 34 heavy (non-hydrogen) atoms. The van der Waals surface area contributed by atoms with E-state index in [0.717, 1.165) is 11.1 Å². The highest BCUT2D eigenvalue weighted by Crippen LogP contribution is 2.35. The summed E-state index contributed by atoms with van der Waals surface area (Å²) in [6.45, 7) is 5.19. The van der Waals surface area contributed by atoms with E-state index < -0.39 is 25.8 Å². The minimum atomic E-state index is -3.99. The van der Waals surface area contributed by atoms with Crippen LogP contribution in [0.1, 0.15) is 23.6 Å². The lowest BCUT2D eigenvalue weighted by molar-refractivity contribution is 0.0783. The third-order valence-corrected chi connectivity index (χ3v) is 7.80. The van der Waals surface area contributed by atoms with Crippen molar-refractivity contribution in [3.63, 3.8) is 0 Å². The molecule has 0 aromatic heterocycles. The van der Waals surface area contributed by atoms with Crippen molar-refractivity contribution >= 4 is 26.3 Å². The predicted molar refractivity (Wildman–Crippen MR) is 128 cm³/mol. The first-order chi connectivity index (χ1) is 16.0. The van der Waals surface area contributed by atoms with Gasteiger partial charge >= 0.3 is 10.1 Å². The molecular formula is C25H24O7S2. The van der Waals surface area contributed by atoms with E-state index in [4.69, 9.17) is 13.1 Å². The molecule has 1 atom stereocenters. The third-order valence-electron chi connectivity index (χ3n) is 5.27. The van der Waals surface area contributed by atoms with Crippen molar-refractivity contribution in [2.24, 2.45) is 0 Å². The molecule has 4 rings (SSSR count). The molecule has 0 aliphatic carbocycles. The molecule has 0 radical (unpaired) electrons. The summed E-state index contributed by atoms with van der Waals surface area (Å²) in [6.07, 6.45) is 3.38. The van der Waals surface area contributed by atoms with Gasteiger partial charge in [-0.05, 0) is 69.3 Å². The molecule has 0 spiro atoms. The topological polar surface area (TPSA) is 96.0 Å². The van der Waals surface area contributed by atoms with Gasteiger partial charge in [-0.25, -0.2) is 0 Å². The van der Waals surface area contributed by atoms with Gasteiger partial charge in [0.1, 0.15) is 28.6 Å². The molecule has 3 aromatic carbocycles. The van der Waals surface area contributed by atoms with Gasteiger partial charge in [0.15, 0.2) is 0 Å². The van der Waals surface area contributed by atoms with Crippen LogP contribution in [-0.4, -0.2) is 29.0 Å². The number of benzene rings is 3. The van der Waals surface area contributed by atoms with Crippen molar-refractivity contribution in [1.82, 2.24) is 0 Å². The van der Waals surface area contributed by atoms with Gasteiger partial charge < -0.3 is 8.92 Å². The average molecular weight is 501 g/mol. The van der Waals surface area contributed by atoms with E-state index in [9.17, 15) is 16.8 Å². The van der Waals surface area contributed by atoms with Crippen molar-refractivity contribution in [2.75, 3.05) is 6.61 Å². The predicted octanol–water partition coefficient (Wildman–Crippen LogP) is 4.64. The second kappa shape index (κ2) is 8.90. The quantitative estimate of drug-likeness (QED) is 0.436. The molecule has 9 heteroatoms. The van der Waals surface area contributed by atoms with Crippen molar-refractivity contribution in [3.8, 4) is 11.5 Å². The van der Waals surface area contributed by atoms with Gasteiger partial charge in [0.05, 0.1) is 4.90 Å². The Hall–Kier alpha value is -3.14. The van der Waals surface area contributed by atoms with E-state index in [-0.39, 0.29) is 22.1 Å². The Kier molecular flexibility index (Phi) is 6.28. The van der Waals surface area contributed by atoms with E-state index >= 15 is 0 Å². The van der Waals surface area contributed by atoms with Crippen LogP contribution in [0.25, 0.3) is 6.08 Å². The van der Waals surface area contributed by atoms with E-state index in [1.807, 2.05) is 13.8 Å². The molecule has 1 heterocycles. The first-order valence-corrected chi connectivity index (χ1v) is 13.3. The normalized spacial score (nSPS) is 17.6. The lowest BCUT2D eigenvalue weighted by atomic mass is 10.0. The number of fused-ring (bicyclic) bond motifs is 1. The van der Waals surface area contributed by atoms with Crippen LogP contribution < -0.4 is 8.92 Å². The molecule has 0 amide bonds. The van der Waals surface area contributed by atoms with Crippen LogP contribution in [0.15, 0.2) is 82.6 Å². The van der Waals surface area contributed by atoms with Crippen LogP contribution in [0.3, 0.4) is 0 Å². The standard InChI is InChI=1S/C25H24O7S2/c1-18-4-9-22(10-5-18)33(26,27)30-17-25(3)15-14-20-16-21(8-13-24(20)31-25)32-34(28,29)23-11-6-19(2)7-12-23/h4-16H,17H2,1-3H3/t25-/m0/s1. The Morgan fingerprint density at radius 1 is 0.794 bits per heavy atom. The van der Waals surface area contributed by atoms with E-state index in [1.165, 1.54) is 30.3 Å². The fraction of sp³-hybridized carbons (Fsp3) is 0.200. The summed E-state index contributed by atoms with van der Waals surface area (Å²) in [5.41, 5.74) is 1.43. The Balaban J connectivity index is 1.47. The summed E-state index contributed by atoms with van der Waals surface area (Å²) >= 11 is 0. The molecule has 3 aromatic rings. The molecule has 0 fully saturated rings. The van der Waals surface area contributed by atoms with Crippen molar-refractivity contribution < 1.29 is 29.9 Å². The van der Waals surface area contributed by atoms with Crippen molar-refractivity contribution in [1.29, 1.82) is 0 Å². The zero-order chi connectivity index (χ0) is 24.6. The maximum absolute atomic E-state index is 12.6. The third kappa shape index (κ3) is 5.32. The molecule has 0 bridgehead atoms. The fourth-order valence-corrected chi connectivity index (χ4v) is 5.20. The molecule has 1 aliphatic heterocycles. The largest absolute Gasteiger partial charge is 0.480 e. The van der Waals surface area contributed by atoms with Gasteiger partial charge in [0.2, 0.25) is 0 Å². The molecule has 0 saturated carbocycles. The highest BCUT2D eigenvalue weighted by atomic mass is 32.2. The minimum absolute atomic E-state index is 0.0575. The van der Waals surface area contributed by atoms with Gasteiger partial charge in [-0.15, -0.1) is 0 Å². The first kappa shape index (κ1) is 24.0. The summed E-state index contributed by atoms with van der Waals surface area (Å²) in [6, 6.07) is 17.3. The van der Waals surface area contributed by atoms with Crippen LogP contribution >= 0.6 is 0 Å². The molecule has 178 valence electrons. The smallest absolute Gasteiger partial charge is 0.339 e. The van der Waals surface area contributed by atoms with Gasteiger partial charge in [-0.1, -0.05) is 41.5 Å². The molecular weight excluding hydrogens is 476 g/mol. The summed E-state index contributed by atoms with van der Waals surface area (Å²) in [4.78, 5) is 0.126. The molecule has 7 nitrogen and oxygen atoms in total. The summed E-state index contributed by atoms with van der Waals surface area (Å²) < 4.78 is 66.6. The first-order valence-electron chi connectivity index (χ1n) is 10.5. The SMILES string of the molecule is Cc1ccc(S(=O)(=O)OC[C@]2(C)C=Cc3cc(OS(=O)(=O)c4ccc(C)cc4)ccc3O2)cc1. The van der Waals surface area contributed by atoms with Crippen LogP contribution in [0.4, 0.5) is 0 Å². The summed E-state index contributed by atoms with van der Waals surface area (Å²) in [5.74, 6) is 0.579. The zero-order valence-electron chi connectivity index (χ0n) is 18.9. The van der Waals surface area contributed by atoms with Crippen molar-refractivity contribution in [2.45, 2.75) is 36.2 Å². The number of aryl methyl sites for hydroxylation is 2. The molecule has 0 saturated heterocycles. The van der Waals surface area contributed by atoms with Crippen LogP contribution in [-0.2, 0) is 24.4 Å². The van der Waals surface area contributed by atoms with Crippen molar-refractivity contribution in [3.05, 3.63) is 89.5 Å². The number of rotatable bonds is 7. The number of hydrogen-bond donors (Lipinski definition) is 0. The molecule has 1 aliphatic rings. The van der Waals surface area contributed by atoms with Gasteiger partial charge in [0, 0.05) is 5.56 Å². The lowest BCUT2D eigenvalue weighted by Gasteiger charge is -2.31. The summed E-state index contributed by atoms with van der Waals surface area (Å²) in [5, 5.41) is 0. The summed E-state index contributed by atoms with van der Waals surface area (Å²) in [7, 11) is -7.93. The molecule has 0 N–H and O–H groups in total. The maximum Gasteiger partial charge on any atom is 0.339 e. The highest BCUT2D eigenvalue weighted by Gasteiger charge is 2.31. The maximum atomic E-state index is 12.6. The van der Waals surface area contributed by atoms with Crippen LogP contribution in [0, 0.1) is 13.8 Å². The lowest BCUT2D eigenvalue weighted by Crippen LogP contribution is -2.38. The number of hydrogen-bond acceptors (Lipinski definition) is 7. The van der Waals surface area contributed by atoms with Crippen LogP contribution in [0.5, 0.6) is 11.5 Å². The fourth-order valence-electron chi connectivity index (χ4n) is 3.28. The Morgan fingerprint density at radius 3 is 1.94 bits per heavy atom. The Labute approximate surface area is 199 Å². The monoisotopic (exact) mass is 500 g/mol. The highest BCUT2D eigenvalue weighted by molar-refractivity contribution is 7.87. The Morgan fingerprint density at radius 2 is 1.35 bits per heavy atom. The van der Waals surface area contributed by atoms with E-state index in [0.29, 0.717) is 11.3 Å². The van der Waals surface area contributed by atoms with Gasteiger partial charge in [-0.2, -0.15) is 16.8 Å². The minimum Gasteiger partial charge on any atom is -0.480 e. The Bertz CT molecular complexity index is 1440. The van der Waals surface area contributed by atoms with E-state index in [1.54, 1.807) is 55.5 Å². The van der Waals surface area contributed by atoms with Gasteiger partial charge in [-0.3, -0.25) is 4.18 Å². The second-order valence-corrected chi connectivity index (χ2v) is 11.5. The zero-order valence-corrected chi connectivity index (χ0v) is 20.5.